The molecule has 0 bridgehead atoms. The van der Waals surface area contributed by atoms with Crippen molar-refractivity contribution in [3.05, 3.63) is 29.3 Å². The van der Waals surface area contributed by atoms with Gasteiger partial charge >= 0.3 is 0 Å². The number of ether oxygens (including phenoxy) is 2. The Labute approximate surface area is 101 Å². The largest absolute Gasteiger partial charge is 0.484 e. The maximum absolute atomic E-state index is 11.4. The molecule has 1 N–H and O–H groups in total. The quantitative estimate of drug-likeness (QED) is 0.780. The summed E-state index contributed by atoms with van der Waals surface area (Å²) in [6, 6.07) is 5.80. The summed E-state index contributed by atoms with van der Waals surface area (Å²) in [5, 5.41) is 2.75. The Kier molecular flexibility index (Phi) is 3.64. The standard InChI is InChI=1S/C13H17NO3/c1-9-3-4-11(5-10(9)2)17-8-13(15)14-6-12-7-16-12/h3-5,12H,6-8H2,1-2H3,(H,14,15)/t12-/m0/s1. The lowest BCUT2D eigenvalue weighted by atomic mass is 10.1. The third kappa shape index (κ3) is 3.75. The number of amides is 1. The van der Waals surface area contributed by atoms with Crippen LogP contribution in [-0.4, -0.2) is 31.8 Å². The smallest absolute Gasteiger partial charge is 0.258 e. The van der Waals surface area contributed by atoms with Crippen molar-refractivity contribution in [1.29, 1.82) is 0 Å². The highest BCUT2D eigenvalue weighted by Gasteiger charge is 2.22. The van der Waals surface area contributed by atoms with E-state index in [0.29, 0.717) is 6.54 Å². The molecule has 1 aliphatic rings. The topological polar surface area (TPSA) is 50.9 Å². The van der Waals surface area contributed by atoms with Gasteiger partial charge in [-0.25, -0.2) is 0 Å². The fourth-order valence-electron chi connectivity index (χ4n) is 1.42. The molecular weight excluding hydrogens is 218 g/mol. The SMILES string of the molecule is Cc1ccc(OCC(=O)NC[C@H]2CO2)cc1C. The summed E-state index contributed by atoms with van der Waals surface area (Å²) in [6.07, 6.45) is 0.209. The molecular formula is C13H17NO3. The fourth-order valence-corrected chi connectivity index (χ4v) is 1.42. The van der Waals surface area contributed by atoms with E-state index in [1.807, 2.05) is 32.0 Å². The molecule has 1 atom stereocenters. The molecule has 2 rings (SSSR count). The number of aryl methyl sites for hydroxylation is 2. The maximum Gasteiger partial charge on any atom is 0.258 e. The maximum atomic E-state index is 11.4. The van der Waals surface area contributed by atoms with Gasteiger partial charge in [-0.1, -0.05) is 6.07 Å². The molecule has 1 aliphatic heterocycles. The number of carbonyl (C=O) groups is 1. The monoisotopic (exact) mass is 235 g/mol. The van der Waals surface area contributed by atoms with E-state index in [9.17, 15) is 4.79 Å². The first kappa shape index (κ1) is 11.9. The first-order valence-electron chi connectivity index (χ1n) is 5.73. The van der Waals surface area contributed by atoms with Gasteiger partial charge in [-0.3, -0.25) is 4.79 Å². The Balaban J connectivity index is 1.75. The number of hydrogen-bond donors (Lipinski definition) is 1. The van der Waals surface area contributed by atoms with Gasteiger partial charge in [0.1, 0.15) is 5.75 Å². The van der Waals surface area contributed by atoms with Gasteiger partial charge in [-0.05, 0) is 37.1 Å². The van der Waals surface area contributed by atoms with Crippen LogP contribution in [0.5, 0.6) is 5.75 Å². The van der Waals surface area contributed by atoms with Crippen LogP contribution in [0.15, 0.2) is 18.2 Å². The molecule has 0 unspecified atom stereocenters. The molecule has 0 radical (unpaired) electrons. The lowest BCUT2D eigenvalue weighted by Gasteiger charge is -2.08. The normalized spacial score (nSPS) is 17.6. The summed E-state index contributed by atoms with van der Waals surface area (Å²) in [4.78, 5) is 11.4. The number of benzene rings is 1. The van der Waals surface area contributed by atoms with E-state index in [4.69, 9.17) is 9.47 Å². The second-order valence-electron chi connectivity index (χ2n) is 4.29. The van der Waals surface area contributed by atoms with Crippen molar-refractivity contribution in [2.75, 3.05) is 19.8 Å². The minimum atomic E-state index is -0.112. The predicted octanol–water partition coefficient (Wildman–Crippen LogP) is 1.20. The van der Waals surface area contributed by atoms with Crippen molar-refractivity contribution in [2.45, 2.75) is 20.0 Å². The van der Waals surface area contributed by atoms with Crippen LogP contribution >= 0.6 is 0 Å². The van der Waals surface area contributed by atoms with E-state index in [0.717, 1.165) is 17.9 Å². The van der Waals surface area contributed by atoms with Gasteiger partial charge in [0.25, 0.3) is 5.91 Å². The third-order valence-electron chi connectivity index (χ3n) is 2.78. The highest BCUT2D eigenvalue weighted by Crippen LogP contribution is 2.16. The number of hydrogen-bond acceptors (Lipinski definition) is 3. The van der Waals surface area contributed by atoms with Crippen molar-refractivity contribution in [3.63, 3.8) is 0 Å². The highest BCUT2D eigenvalue weighted by molar-refractivity contribution is 5.77. The Morgan fingerprint density at radius 1 is 1.47 bits per heavy atom. The van der Waals surface area contributed by atoms with Crippen molar-refractivity contribution in [3.8, 4) is 5.75 Å². The van der Waals surface area contributed by atoms with E-state index in [-0.39, 0.29) is 18.6 Å². The van der Waals surface area contributed by atoms with Crippen LogP contribution in [0.2, 0.25) is 0 Å². The molecule has 1 heterocycles. The van der Waals surface area contributed by atoms with Crippen molar-refractivity contribution in [1.82, 2.24) is 5.32 Å². The van der Waals surface area contributed by atoms with E-state index in [1.165, 1.54) is 5.56 Å². The van der Waals surface area contributed by atoms with Gasteiger partial charge in [0, 0.05) is 6.54 Å². The van der Waals surface area contributed by atoms with Gasteiger partial charge in [-0.2, -0.15) is 0 Å². The zero-order valence-corrected chi connectivity index (χ0v) is 10.2. The van der Waals surface area contributed by atoms with Crippen LogP contribution in [-0.2, 0) is 9.53 Å². The molecule has 0 spiro atoms. The average molecular weight is 235 g/mol. The minimum Gasteiger partial charge on any atom is -0.484 e. The molecule has 1 saturated heterocycles. The van der Waals surface area contributed by atoms with E-state index in [2.05, 4.69) is 5.32 Å². The van der Waals surface area contributed by atoms with Gasteiger partial charge in [-0.15, -0.1) is 0 Å². The molecule has 1 aromatic rings. The van der Waals surface area contributed by atoms with Crippen LogP contribution in [0.25, 0.3) is 0 Å². The number of carbonyl (C=O) groups excluding carboxylic acids is 1. The fraction of sp³-hybridized carbons (Fsp3) is 0.462. The van der Waals surface area contributed by atoms with E-state index in [1.54, 1.807) is 0 Å². The summed E-state index contributed by atoms with van der Waals surface area (Å²) in [5.41, 5.74) is 2.38. The van der Waals surface area contributed by atoms with Crippen molar-refractivity contribution in [2.24, 2.45) is 0 Å². The summed E-state index contributed by atoms with van der Waals surface area (Å²) >= 11 is 0. The molecule has 4 heteroatoms. The lowest BCUT2D eigenvalue weighted by molar-refractivity contribution is -0.123. The average Bonchev–Trinajstić information content (AvgIpc) is 3.12. The van der Waals surface area contributed by atoms with Crippen LogP contribution in [0.1, 0.15) is 11.1 Å². The van der Waals surface area contributed by atoms with Crippen molar-refractivity contribution < 1.29 is 14.3 Å². The first-order valence-corrected chi connectivity index (χ1v) is 5.73. The Morgan fingerprint density at radius 3 is 2.88 bits per heavy atom. The Morgan fingerprint density at radius 2 is 2.24 bits per heavy atom. The molecule has 0 saturated carbocycles. The Hall–Kier alpha value is -1.55. The number of rotatable bonds is 5. The first-order chi connectivity index (χ1) is 8.15. The molecule has 1 amide bonds. The zero-order valence-electron chi connectivity index (χ0n) is 10.2. The number of epoxide rings is 1. The van der Waals surface area contributed by atoms with Gasteiger partial charge < -0.3 is 14.8 Å². The predicted molar refractivity (Wildman–Crippen MR) is 64.2 cm³/mol. The van der Waals surface area contributed by atoms with Gasteiger partial charge in [0.15, 0.2) is 6.61 Å². The van der Waals surface area contributed by atoms with Gasteiger partial charge in [0.05, 0.1) is 12.7 Å². The molecule has 0 aromatic heterocycles. The summed E-state index contributed by atoms with van der Waals surface area (Å²) in [6.45, 7) is 5.44. The van der Waals surface area contributed by atoms with Gasteiger partial charge in [0.2, 0.25) is 0 Å². The molecule has 1 aromatic carbocycles. The third-order valence-corrected chi connectivity index (χ3v) is 2.78. The van der Waals surface area contributed by atoms with Crippen LogP contribution in [0.4, 0.5) is 0 Å². The molecule has 1 fully saturated rings. The summed E-state index contributed by atoms with van der Waals surface area (Å²) < 4.78 is 10.4. The molecule has 0 aliphatic carbocycles. The molecule has 92 valence electrons. The molecule has 4 nitrogen and oxygen atoms in total. The van der Waals surface area contributed by atoms with Crippen LogP contribution < -0.4 is 10.1 Å². The summed E-state index contributed by atoms with van der Waals surface area (Å²) in [7, 11) is 0. The van der Waals surface area contributed by atoms with Crippen LogP contribution in [0, 0.1) is 13.8 Å². The second-order valence-corrected chi connectivity index (χ2v) is 4.29. The lowest BCUT2D eigenvalue weighted by Crippen LogP contribution is -2.31. The minimum absolute atomic E-state index is 0.0508. The van der Waals surface area contributed by atoms with Crippen LogP contribution in [0.3, 0.4) is 0 Å². The van der Waals surface area contributed by atoms with Crippen molar-refractivity contribution >= 4 is 5.91 Å². The Bertz CT molecular complexity index is 413. The summed E-state index contributed by atoms with van der Waals surface area (Å²) in [5.74, 6) is 0.615. The molecule has 17 heavy (non-hydrogen) atoms. The number of nitrogens with one attached hydrogen (secondary N) is 1. The van der Waals surface area contributed by atoms with E-state index < -0.39 is 0 Å². The van der Waals surface area contributed by atoms with E-state index >= 15 is 0 Å². The highest BCUT2D eigenvalue weighted by atomic mass is 16.6. The second kappa shape index (κ2) is 5.19. The zero-order chi connectivity index (χ0) is 12.3.